The summed E-state index contributed by atoms with van der Waals surface area (Å²) >= 11 is 7.74. The van der Waals surface area contributed by atoms with Crippen LogP contribution in [0.3, 0.4) is 0 Å². The average molecular weight is 510 g/mol. The zero-order chi connectivity index (χ0) is 23.8. The number of aromatic nitrogens is 1. The fourth-order valence-electron chi connectivity index (χ4n) is 5.02. The van der Waals surface area contributed by atoms with E-state index in [9.17, 15) is 4.79 Å². The van der Waals surface area contributed by atoms with Crippen LogP contribution in [0.2, 0.25) is 5.02 Å². The number of anilines is 1. The summed E-state index contributed by atoms with van der Waals surface area (Å²) in [5, 5.41) is 12.1. The van der Waals surface area contributed by atoms with E-state index in [1.54, 1.807) is 11.8 Å². The van der Waals surface area contributed by atoms with Crippen LogP contribution in [-0.2, 0) is 4.79 Å². The quantitative estimate of drug-likeness (QED) is 0.681. The Morgan fingerprint density at radius 2 is 1.74 bits per heavy atom. The molecule has 5 heterocycles. The molecule has 35 heavy (non-hydrogen) atoms. The summed E-state index contributed by atoms with van der Waals surface area (Å²) in [4.78, 5) is 24.2. The summed E-state index contributed by atoms with van der Waals surface area (Å²) in [5.74, 6) is 1.41. The summed E-state index contributed by atoms with van der Waals surface area (Å²) in [6.07, 6.45) is 5.63. The molecule has 2 fully saturated rings. The van der Waals surface area contributed by atoms with Crippen molar-refractivity contribution in [3.8, 4) is 0 Å². The number of hydrazone groups is 1. The van der Waals surface area contributed by atoms with Crippen LogP contribution in [0.1, 0.15) is 18.4 Å². The summed E-state index contributed by atoms with van der Waals surface area (Å²) in [7, 11) is 0. The minimum Gasteiger partial charge on any atom is -0.353 e. The first-order valence-corrected chi connectivity index (χ1v) is 13.4. The number of benzene rings is 1. The van der Waals surface area contributed by atoms with Gasteiger partial charge in [-0.25, -0.2) is 9.99 Å². The molecule has 1 aromatic carbocycles. The molecule has 4 aliphatic rings. The molecule has 0 radical (unpaired) electrons. The number of piperidine rings is 1. The maximum atomic E-state index is 13.2. The molecule has 10 heteroatoms. The molecule has 2 aromatic rings. The Morgan fingerprint density at radius 3 is 2.43 bits per heavy atom. The number of amidine groups is 1. The van der Waals surface area contributed by atoms with Gasteiger partial charge in [0, 0.05) is 56.4 Å². The van der Waals surface area contributed by atoms with E-state index >= 15 is 0 Å². The third-order valence-electron chi connectivity index (χ3n) is 7.03. The van der Waals surface area contributed by atoms with Crippen LogP contribution in [0.15, 0.2) is 60.0 Å². The Morgan fingerprint density at radius 1 is 0.971 bits per heavy atom. The van der Waals surface area contributed by atoms with E-state index in [2.05, 4.69) is 26.3 Å². The lowest BCUT2D eigenvalue weighted by molar-refractivity contribution is -0.137. The predicted octanol–water partition coefficient (Wildman–Crippen LogP) is 3.30. The van der Waals surface area contributed by atoms with Crippen molar-refractivity contribution in [2.75, 3.05) is 44.2 Å². The van der Waals surface area contributed by atoms with Gasteiger partial charge in [0.2, 0.25) is 5.91 Å². The number of fused-ring (bicyclic) bond motifs is 1. The third-order valence-corrected chi connectivity index (χ3v) is 8.39. The SMILES string of the molecule is O=C(C1CCN(C2=NN3C=C(c4ccc(Cl)cc4)NC3S2)CC1)N1CCN(c2ccccn2)CC1. The van der Waals surface area contributed by atoms with Gasteiger partial charge in [-0.3, -0.25) is 4.79 Å². The number of pyridine rings is 1. The molecule has 1 amide bonds. The van der Waals surface area contributed by atoms with Gasteiger partial charge in [-0.2, -0.15) is 0 Å². The molecule has 182 valence electrons. The number of halogens is 1. The van der Waals surface area contributed by atoms with Crippen LogP contribution >= 0.6 is 23.4 Å². The van der Waals surface area contributed by atoms with E-state index < -0.39 is 0 Å². The molecule has 8 nitrogen and oxygen atoms in total. The maximum Gasteiger partial charge on any atom is 0.225 e. The number of carbonyl (C=O) groups excluding carboxylic acids is 1. The molecule has 1 atom stereocenters. The van der Waals surface area contributed by atoms with Crippen LogP contribution in [0, 0.1) is 5.92 Å². The molecule has 4 aliphatic heterocycles. The molecule has 0 aliphatic carbocycles. The largest absolute Gasteiger partial charge is 0.353 e. The van der Waals surface area contributed by atoms with Crippen LogP contribution in [0.5, 0.6) is 0 Å². The Kier molecular flexibility index (Phi) is 6.20. The number of hydrogen-bond donors (Lipinski definition) is 1. The highest BCUT2D eigenvalue weighted by Crippen LogP contribution is 2.35. The first kappa shape index (κ1) is 22.5. The molecule has 1 N–H and O–H groups in total. The number of piperazine rings is 1. The van der Waals surface area contributed by atoms with Gasteiger partial charge in [0.1, 0.15) is 5.82 Å². The van der Waals surface area contributed by atoms with Crippen LogP contribution < -0.4 is 10.2 Å². The second-order valence-electron chi connectivity index (χ2n) is 9.19. The van der Waals surface area contributed by atoms with Gasteiger partial charge in [0.15, 0.2) is 10.7 Å². The fourth-order valence-corrected chi connectivity index (χ4v) is 6.22. The number of rotatable bonds is 3. The zero-order valence-electron chi connectivity index (χ0n) is 19.4. The number of thioether (sulfide) groups is 1. The lowest BCUT2D eigenvalue weighted by Crippen LogP contribution is -2.52. The van der Waals surface area contributed by atoms with Gasteiger partial charge >= 0.3 is 0 Å². The van der Waals surface area contributed by atoms with Crippen molar-refractivity contribution in [3.05, 3.63) is 65.4 Å². The van der Waals surface area contributed by atoms with Gasteiger partial charge in [0.25, 0.3) is 0 Å². The second kappa shape index (κ2) is 9.62. The summed E-state index contributed by atoms with van der Waals surface area (Å²) in [6.45, 7) is 4.94. The van der Waals surface area contributed by atoms with Crippen molar-refractivity contribution in [1.82, 2.24) is 25.1 Å². The molecular weight excluding hydrogens is 482 g/mol. The van der Waals surface area contributed by atoms with Gasteiger partial charge in [-0.05, 0) is 54.4 Å². The number of hydrogen-bond acceptors (Lipinski definition) is 8. The highest BCUT2D eigenvalue weighted by Gasteiger charge is 2.37. The molecular formula is C25H28ClN7OS. The highest BCUT2D eigenvalue weighted by molar-refractivity contribution is 8.14. The van der Waals surface area contributed by atoms with Crippen molar-refractivity contribution in [1.29, 1.82) is 0 Å². The lowest BCUT2D eigenvalue weighted by Gasteiger charge is -2.39. The molecule has 1 unspecified atom stereocenters. The number of nitrogens with one attached hydrogen (secondary N) is 1. The van der Waals surface area contributed by atoms with Crippen molar-refractivity contribution in [3.63, 3.8) is 0 Å². The van der Waals surface area contributed by atoms with Gasteiger partial charge in [0.05, 0.1) is 11.9 Å². The summed E-state index contributed by atoms with van der Waals surface area (Å²) in [6, 6.07) is 13.8. The average Bonchev–Trinajstić information content (AvgIpc) is 3.49. The topological polar surface area (TPSA) is 67.3 Å². The van der Waals surface area contributed by atoms with Crippen LogP contribution in [0.25, 0.3) is 5.70 Å². The maximum absolute atomic E-state index is 13.2. The second-order valence-corrected chi connectivity index (χ2v) is 10.7. The first-order chi connectivity index (χ1) is 17.1. The van der Waals surface area contributed by atoms with Gasteiger partial charge < -0.3 is 20.0 Å². The van der Waals surface area contributed by atoms with E-state index in [1.807, 2.05) is 58.6 Å². The van der Waals surface area contributed by atoms with Crippen molar-refractivity contribution in [2.24, 2.45) is 11.0 Å². The first-order valence-electron chi connectivity index (χ1n) is 12.1. The fraction of sp³-hybridized carbons (Fsp3) is 0.400. The highest BCUT2D eigenvalue weighted by atomic mass is 35.5. The van der Waals surface area contributed by atoms with E-state index in [4.69, 9.17) is 16.7 Å². The van der Waals surface area contributed by atoms with Crippen LogP contribution in [0.4, 0.5) is 5.82 Å². The third kappa shape index (κ3) is 4.67. The molecule has 0 bridgehead atoms. The Hall–Kier alpha value is -2.91. The van der Waals surface area contributed by atoms with Gasteiger partial charge in [-0.1, -0.05) is 29.8 Å². The Labute approximate surface area is 214 Å². The predicted molar refractivity (Wildman–Crippen MR) is 141 cm³/mol. The molecule has 2 saturated heterocycles. The lowest BCUT2D eigenvalue weighted by atomic mass is 9.95. The van der Waals surface area contributed by atoms with Crippen molar-refractivity contribution < 1.29 is 4.79 Å². The minimum absolute atomic E-state index is 0.0745. The number of carbonyl (C=O) groups is 1. The van der Waals surface area contributed by atoms with E-state index in [-0.39, 0.29) is 11.4 Å². The van der Waals surface area contributed by atoms with Crippen LogP contribution in [-0.4, -0.2) is 75.6 Å². The van der Waals surface area contributed by atoms with E-state index in [0.717, 1.165) is 79.4 Å². The summed E-state index contributed by atoms with van der Waals surface area (Å²) in [5.41, 5.74) is 2.22. The normalized spacial score (nSPS) is 22.6. The molecule has 6 rings (SSSR count). The Bertz CT molecular complexity index is 1130. The molecule has 0 spiro atoms. The van der Waals surface area contributed by atoms with Gasteiger partial charge in [-0.15, -0.1) is 5.10 Å². The molecule has 1 aromatic heterocycles. The van der Waals surface area contributed by atoms with E-state index in [1.165, 1.54) is 0 Å². The van der Waals surface area contributed by atoms with Crippen molar-refractivity contribution >= 4 is 46.0 Å². The Balaban J connectivity index is 1.00. The number of likely N-dealkylation sites (tertiary alicyclic amines) is 1. The van der Waals surface area contributed by atoms with Crippen molar-refractivity contribution in [2.45, 2.75) is 18.3 Å². The summed E-state index contributed by atoms with van der Waals surface area (Å²) < 4.78 is 0. The number of nitrogens with zero attached hydrogens (tertiary/aromatic N) is 6. The zero-order valence-corrected chi connectivity index (χ0v) is 21.0. The number of amides is 1. The van der Waals surface area contributed by atoms with E-state index in [0.29, 0.717) is 5.91 Å². The smallest absolute Gasteiger partial charge is 0.225 e. The molecule has 0 saturated carbocycles. The minimum atomic E-state index is 0.0745. The monoisotopic (exact) mass is 509 g/mol. The standard InChI is InChI=1S/C25H28ClN7OS/c26-20-6-4-18(5-7-20)21-17-33-24(28-21)35-25(29-33)32-11-8-19(9-12-32)23(34)31-15-13-30(14-16-31)22-3-1-2-10-27-22/h1-7,10,17,19,24,28H,8-9,11-16H2.